The second kappa shape index (κ2) is 10.1. The summed E-state index contributed by atoms with van der Waals surface area (Å²) in [6.07, 6.45) is -1.29. The highest BCUT2D eigenvalue weighted by Gasteiger charge is 2.60. The van der Waals surface area contributed by atoms with Crippen molar-refractivity contribution in [3.63, 3.8) is 0 Å². The van der Waals surface area contributed by atoms with E-state index in [1.165, 1.54) is 0 Å². The van der Waals surface area contributed by atoms with E-state index >= 15 is 0 Å². The Kier molecular flexibility index (Phi) is 7.40. The van der Waals surface area contributed by atoms with Crippen LogP contribution in [0.3, 0.4) is 0 Å². The second-order valence-electron chi connectivity index (χ2n) is 8.68. The maximum absolute atomic E-state index is 12.9. The predicted octanol–water partition coefficient (Wildman–Crippen LogP) is 1.18. The number of carbonyl (C=O) groups excluding carboxylic acids is 5. The largest absolute Gasteiger partial charge is 0.445 e. The van der Waals surface area contributed by atoms with Gasteiger partial charge in [0, 0.05) is 6.42 Å². The average Bonchev–Trinajstić information content (AvgIpc) is 3.35. The molecule has 2 atom stereocenters. The molecule has 184 valence electrons. The van der Waals surface area contributed by atoms with Crippen LogP contribution in [-0.2, 0) is 49.6 Å². The lowest BCUT2D eigenvalue weighted by molar-refractivity contribution is -0.262. The highest BCUT2D eigenvalue weighted by atomic mass is 16.8. The Labute approximate surface area is 195 Å². The van der Waals surface area contributed by atoms with Crippen molar-refractivity contribution in [2.24, 2.45) is 5.41 Å². The van der Waals surface area contributed by atoms with E-state index < -0.39 is 53.9 Å². The lowest BCUT2D eigenvalue weighted by Gasteiger charge is -2.32. The van der Waals surface area contributed by atoms with E-state index in [2.05, 4.69) is 5.32 Å². The molecule has 12 nitrogen and oxygen atoms in total. The van der Waals surface area contributed by atoms with Gasteiger partial charge in [0.1, 0.15) is 19.3 Å². The summed E-state index contributed by atoms with van der Waals surface area (Å²) in [5, 5.41) is 2.93. The van der Waals surface area contributed by atoms with Crippen LogP contribution < -0.4 is 5.32 Å². The van der Waals surface area contributed by atoms with Crippen LogP contribution in [0.5, 0.6) is 0 Å². The molecule has 0 radical (unpaired) electrons. The lowest BCUT2D eigenvalue weighted by atomic mass is 9.98. The fourth-order valence-electron chi connectivity index (χ4n) is 3.12. The third-order valence-corrected chi connectivity index (χ3v) is 4.96. The molecule has 1 N–H and O–H groups in total. The number of cyclic esters (lactones) is 1. The van der Waals surface area contributed by atoms with E-state index in [4.69, 9.17) is 23.8 Å². The molecule has 0 aliphatic carbocycles. The van der Waals surface area contributed by atoms with E-state index in [0.29, 0.717) is 5.06 Å². The lowest BCUT2D eigenvalue weighted by Crippen LogP contribution is -2.57. The average molecular weight is 478 g/mol. The van der Waals surface area contributed by atoms with Crippen LogP contribution >= 0.6 is 0 Å². The van der Waals surface area contributed by atoms with E-state index in [-0.39, 0.29) is 26.1 Å². The van der Waals surface area contributed by atoms with E-state index in [1.54, 1.807) is 45.0 Å². The van der Waals surface area contributed by atoms with Crippen LogP contribution in [0.4, 0.5) is 4.79 Å². The summed E-state index contributed by atoms with van der Waals surface area (Å²) in [5.41, 5.74) is -2.28. The van der Waals surface area contributed by atoms with Gasteiger partial charge in [0.15, 0.2) is 0 Å². The Morgan fingerprint density at radius 3 is 2.44 bits per heavy atom. The third kappa shape index (κ3) is 5.63. The molecule has 2 aliphatic rings. The fraction of sp³-hybridized carbons (Fsp3) is 0.500. The molecule has 0 bridgehead atoms. The maximum atomic E-state index is 12.9. The minimum atomic E-state index is -2.20. The number of nitrogens with zero attached hydrogens (tertiary/aromatic N) is 1. The Morgan fingerprint density at radius 2 is 1.82 bits per heavy atom. The Morgan fingerprint density at radius 1 is 1.12 bits per heavy atom. The SMILES string of the molecule is CC(C)(C)C(=O)OCOC(=O)C1(N2OC[C@H](NC(=O)OCc3ccccc3)C2=O)CCC(=O)O1. The molecule has 2 saturated heterocycles. The van der Waals surface area contributed by atoms with Gasteiger partial charge in [0.25, 0.3) is 5.91 Å². The van der Waals surface area contributed by atoms with Crippen molar-refractivity contribution in [2.75, 3.05) is 13.4 Å². The van der Waals surface area contributed by atoms with Crippen molar-refractivity contribution in [1.29, 1.82) is 0 Å². The highest BCUT2D eigenvalue weighted by Crippen LogP contribution is 2.35. The van der Waals surface area contributed by atoms with Crippen molar-refractivity contribution in [3.05, 3.63) is 35.9 Å². The first-order valence-electron chi connectivity index (χ1n) is 10.5. The van der Waals surface area contributed by atoms with Gasteiger partial charge in [-0.15, -0.1) is 0 Å². The van der Waals surface area contributed by atoms with Gasteiger partial charge in [-0.2, -0.15) is 5.06 Å². The number of alkyl carbamates (subject to hydrolysis) is 1. The summed E-state index contributed by atoms with van der Waals surface area (Å²) in [5.74, 6) is -3.36. The zero-order valence-corrected chi connectivity index (χ0v) is 19.0. The molecule has 1 unspecified atom stereocenters. The monoisotopic (exact) mass is 478 g/mol. The molecule has 0 aromatic heterocycles. The molecule has 34 heavy (non-hydrogen) atoms. The minimum absolute atomic E-state index is 0.0146. The van der Waals surface area contributed by atoms with Crippen LogP contribution in [0.25, 0.3) is 0 Å². The van der Waals surface area contributed by atoms with Crippen molar-refractivity contribution in [1.82, 2.24) is 10.4 Å². The first kappa shape index (κ1) is 25.0. The number of ether oxygens (including phenoxy) is 4. The van der Waals surface area contributed by atoms with E-state index in [0.717, 1.165) is 5.56 Å². The summed E-state index contributed by atoms with van der Waals surface area (Å²) >= 11 is 0. The van der Waals surface area contributed by atoms with Crippen LogP contribution in [0.2, 0.25) is 0 Å². The van der Waals surface area contributed by atoms with Crippen LogP contribution in [0.15, 0.2) is 30.3 Å². The van der Waals surface area contributed by atoms with Gasteiger partial charge in [-0.05, 0) is 26.3 Å². The van der Waals surface area contributed by atoms with Crippen LogP contribution in [0, 0.1) is 5.41 Å². The number of benzene rings is 1. The molecule has 2 fully saturated rings. The Hall–Kier alpha value is -3.67. The molecular weight excluding hydrogens is 452 g/mol. The fourth-order valence-corrected chi connectivity index (χ4v) is 3.12. The van der Waals surface area contributed by atoms with Crippen LogP contribution in [0.1, 0.15) is 39.2 Å². The molecule has 0 spiro atoms. The van der Waals surface area contributed by atoms with Gasteiger partial charge in [0.05, 0.1) is 11.8 Å². The summed E-state index contributed by atoms with van der Waals surface area (Å²) in [6, 6.07) is 7.73. The number of hydrogen-bond acceptors (Lipinski definition) is 10. The molecule has 1 aromatic carbocycles. The normalized spacial score (nSPS) is 22.2. The van der Waals surface area contributed by atoms with Crippen LogP contribution in [-0.4, -0.2) is 60.1 Å². The molecule has 12 heteroatoms. The van der Waals surface area contributed by atoms with Gasteiger partial charge in [0.2, 0.25) is 6.79 Å². The summed E-state index contributed by atoms with van der Waals surface area (Å²) in [7, 11) is 0. The topological polar surface area (TPSA) is 147 Å². The molecule has 2 heterocycles. The van der Waals surface area contributed by atoms with E-state index in [9.17, 15) is 24.0 Å². The first-order chi connectivity index (χ1) is 16.0. The number of rotatable bonds is 7. The van der Waals surface area contributed by atoms with Crippen molar-refractivity contribution in [2.45, 2.75) is 52.0 Å². The number of amides is 2. The molecule has 2 amide bonds. The van der Waals surface area contributed by atoms with Gasteiger partial charge in [-0.3, -0.25) is 19.2 Å². The predicted molar refractivity (Wildman–Crippen MR) is 111 cm³/mol. The van der Waals surface area contributed by atoms with Gasteiger partial charge in [-0.25, -0.2) is 9.59 Å². The summed E-state index contributed by atoms with van der Waals surface area (Å²) < 4.78 is 20.1. The van der Waals surface area contributed by atoms with Crippen molar-refractivity contribution >= 4 is 29.9 Å². The number of esters is 3. The minimum Gasteiger partial charge on any atom is -0.445 e. The Balaban J connectivity index is 1.60. The first-order valence-corrected chi connectivity index (χ1v) is 10.5. The number of hydrogen-bond donors (Lipinski definition) is 1. The van der Waals surface area contributed by atoms with Gasteiger partial charge >= 0.3 is 29.7 Å². The van der Waals surface area contributed by atoms with Crippen molar-refractivity contribution < 1.29 is 47.8 Å². The van der Waals surface area contributed by atoms with Gasteiger partial charge < -0.3 is 24.3 Å². The third-order valence-electron chi connectivity index (χ3n) is 4.96. The number of hydroxylamine groups is 2. The zero-order chi connectivity index (χ0) is 24.9. The van der Waals surface area contributed by atoms with Gasteiger partial charge in [-0.1, -0.05) is 30.3 Å². The zero-order valence-electron chi connectivity index (χ0n) is 19.0. The van der Waals surface area contributed by atoms with Crippen molar-refractivity contribution in [3.8, 4) is 0 Å². The number of nitrogens with one attached hydrogen (secondary N) is 1. The quantitative estimate of drug-likeness (QED) is 0.344. The molecular formula is C22H26N2O10. The molecule has 2 aliphatic heterocycles. The standard InChI is InChI=1S/C22H26N2O10/c1-21(2,3)18(27)31-13-32-19(28)22(10-9-16(25)34-22)24-17(26)15(12-33-24)23-20(29)30-11-14-7-5-4-6-8-14/h4-8,15H,9-13H2,1-3H3,(H,23,29)/t15-,22?/m0/s1. The smallest absolute Gasteiger partial charge is 0.408 e. The Bertz CT molecular complexity index is 958. The maximum Gasteiger partial charge on any atom is 0.408 e. The molecule has 0 saturated carbocycles. The van der Waals surface area contributed by atoms with E-state index in [1.807, 2.05) is 6.07 Å². The highest BCUT2D eigenvalue weighted by molar-refractivity contribution is 5.94. The second-order valence-corrected chi connectivity index (χ2v) is 8.68. The summed E-state index contributed by atoms with van der Waals surface area (Å²) in [6.45, 7) is 3.76. The molecule has 3 rings (SSSR count). The number of carbonyl (C=O) groups is 5. The molecule has 1 aromatic rings. The summed E-state index contributed by atoms with van der Waals surface area (Å²) in [4.78, 5) is 66.8.